The number of nitrogens with zero attached hydrogens (tertiary/aromatic N) is 4. The van der Waals surface area contributed by atoms with Gasteiger partial charge < -0.3 is 10.2 Å². The number of nitrogens with one attached hydrogen (secondary N) is 1. The first-order valence-electron chi connectivity index (χ1n) is 12.2. The quantitative estimate of drug-likeness (QED) is 0.461. The lowest BCUT2D eigenvalue weighted by Gasteiger charge is -2.40. The molecule has 3 heterocycles. The zero-order valence-corrected chi connectivity index (χ0v) is 19.9. The van der Waals surface area contributed by atoms with Crippen LogP contribution in [0.5, 0.6) is 0 Å². The summed E-state index contributed by atoms with van der Waals surface area (Å²) in [5, 5.41) is 5.39. The number of anilines is 2. The van der Waals surface area contributed by atoms with Gasteiger partial charge in [0.25, 0.3) is 0 Å². The minimum Gasteiger partial charge on any atom is -0.307 e. The van der Waals surface area contributed by atoms with E-state index in [-0.39, 0.29) is 12.2 Å². The Bertz CT molecular complexity index is 1360. The van der Waals surface area contributed by atoms with Gasteiger partial charge in [0.15, 0.2) is 0 Å². The predicted molar refractivity (Wildman–Crippen MR) is 142 cm³/mol. The third-order valence-electron chi connectivity index (χ3n) is 7.29. The van der Waals surface area contributed by atoms with Crippen LogP contribution in [-0.4, -0.2) is 60.2 Å². The Morgan fingerprint density at radius 3 is 2.37 bits per heavy atom. The number of hydrogen-bond acceptors (Lipinski definition) is 4. The zero-order chi connectivity index (χ0) is 23.8. The highest BCUT2D eigenvalue weighted by molar-refractivity contribution is 6.11. The molecule has 1 unspecified atom stereocenters. The predicted octanol–water partition coefficient (Wildman–Crippen LogP) is 5.07. The number of fused-ring (bicyclic) bond motifs is 2. The van der Waals surface area contributed by atoms with E-state index in [1.807, 2.05) is 53.7 Å². The number of amides is 2. The molecule has 1 aromatic heterocycles. The SMILES string of the molecule is CN1CCN(C2Cc3ccccc3N2C(=O)Nc2ccc(-c3ccncc3)c3ccccc23)CC1. The van der Waals surface area contributed by atoms with Crippen LogP contribution < -0.4 is 10.2 Å². The maximum Gasteiger partial charge on any atom is 0.327 e. The molecule has 0 bridgehead atoms. The van der Waals surface area contributed by atoms with E-state index in [0.29, 0.717) is 0 Å². The fraction of sp³-hybridized carbons (Fsp3) is 0.241. The number of benzene rings is 3. The lowest BCUT2D eigenvalue weighted by Crippen LogP contribution is -2.56. The first kappa shape index (κ1) is 21.8. The lowest BCUT2D eigenvalue weighted by atomic mass is 9.98. The smallest absolute Gasteiger partial charge is 0.307 e. The van der Waals surface area contributed by atoms with Crippen molar-refractivity contribution < 1.29 is 4.79 Å². The standard InChI is InChI=1S/C29H29N5O/c1-32-16-18-33(19-17-32)28-20-22-6-2-5-9-27(22)34(28)29(35)31-26-11-10-23(21-12-14-30-15-13-21)24-7-3-4-8-25(24)26/h2-15,28H,16-20H2,1H3,(H,31,35). The lowest BCUT2D eigenvalue weighted by molar-refractivity contribution is 0.115. The van der Waals surface area contributed by atoms with Crippen LogP contribution in [-0.2, 0) is 6.42 Å². The molecule has 6 nitrogen and oxygen atoms in total. The van der Waals surface area contributed by atoms with E-state index in [2.05, 4.69) is 63.5 Å². The molecule has 0 aliphatic carbocycles. The highest BCUT2D eigenvalue weighted by atomic mass is 16.2. The Morgan fingerprint density at radius 2 is 1.57 bits per heavy atom. The van der Waals surface area contributed by atoms with Crippen molar-refractivity contribution in [1.29, 1.82) is 0 Å². The van der Waals surface area contributed by atoms with Gasteiger partial charge in [0.2, 0.25) is 0 Å². The molecule has 6 rings (SSSR count). The fourth-order valence-corrected chi connectivity index (χ4v) is 5.39. The summed E-state index contributed by atoms with van der Waals surface area (Å²) in [6.07, 6.45) is 4.50. The van der Waals surface area contributed by atoms with Crippen molar-refractivity contribution >= 4 is 28.2 Å². The molecule has 2 amide bonds. The molecule has 2 aliphatic heterocycles. The molecule has 0 saturated carbocycles. The van der Waals surface area contributed by atoms with Crippen molar-refractivity contribution in [2.45, 2.75) is 12.6 Å². The maximum absolute atomic E-state index is 13.9. The van der Waals surface area contributed by atoms with E-state index < -0.39 is 0 Å². The van der Waals surface area contributed by atoms with Crippen molar-refractivity contribution in [3.8, 4) is 11.1 Å². The van der Waals surface area contributed by atoms with Crippen LogP contribution in [0.1, 0.15) is 5.56 Å². The number of carbonyl (C=O) groups is 1. The average molecular weight is 464 g/mol. The molecule has 1 saturated heterocycles. The Hall–Kier alpha value is -3.74. The van der Waals surface area contributed by atoms with Crippen LogP contribution in [0.2, 0.25) is 0 Å². The van der Waals surface area contributed by atoms with E-state index in [0.717, 1.165) is 65.9 Å². The van der Waals surface area contributed by atoms with Gasteiger partial charge in [0.05, 0.1) is 17.5 Å². The topological polar surface area (TPSA) is 51.7 Å². The van der Waals surface area contributed by atoms with Gasteiger partial charge in [0.1, 0.15) is 0 Å². The van der Waals surface area contributed by atoms with Crippen molar-refractivity contribution in [1.82, 2.24) is 14.8 Å². The van der Waals surface area contributed by atoms with Crippen LogP contribution in [0.4, 0.5) is 16.2 Å². The summed E-state index contributed by atoms with van der Waals surface area (Å²) in [5.41, 5.74) is 5.29. The van der Waals surface area contributed by atoms with Gasteiger partial charge in [-0.3, -0.25) is 14.8 Å². The number of aromatic nitrogens is 1. The molecular weight excluding hydrogens is 434 g/mol. The van der Waals surface area contributed by atoms with Crippen LogP contribution in [0.15, 0.2) is 85.2 Å². The van der Waals surface area contributed by atoms with Gasteiger partial charge in [-0.15, -0.1) is 0 Å². The van der Waals surface area contributed by atoms with Crippen molar-refractivity contribution in [2.75, 3.05) is 43.4 Å². The van der Waals surface area contributed by atoms with Gasteiger partial charge in [-0.1, -0.05) is 48.5 Å². The highest BCUT2D eigenvalue weighted by Crippen LogP contribution is 2.36. The zero-order valence-electron chi connectivity index (χ0n) is 19.9. The summed E-state index contributed by atoms with van der Waals surface area (Å²) in [6, 6.07) is 24.6. The molecule has 3 aromatic carbocycles. The second-order valence-corrected chi connectivity index (χ2v) is 9.40. The number of likely N-dealkylation sites (N-methyl/N-ethyl adjacent to an activating group) is 1. The van der Waals surface area contributed by atoms with Crippen LogP contribution in [0.3, 0.4) is 0 Å². The van der Waals surface area contributed by atoms with Crippen molar-refractivity contribution in [3.63, 3.8) is 0 Å². The monoisotopic (exact) mass is 463 g/mol. The summed E-state index contributed by atoms with van der Waals surface area (Å²) in [7, 11) is 2.16. The fourth-order valence-electron chi connectivity index (χ4n) is 5.39. The van der Waals surface area contributed by atoms with Crippen LogP contribution in [0, 0.1) is 0 Å². The molecular formula is C29H29N5O. The second kappa shape index (κ2) is 9.13. The largest absolute Gasteiger partial charge is 0.327 e. The number of carbonyl (C=O) groups excluding carboxylic acids is 1. The Kier molecular flexibility index (Phi) is 5.68. The minimum absolute atomic E-state index is 0.0310. The van der Waals surface area contributed by atoms with E-state index in [1.54, 1.807) is 0 Å². The van der Waals surface area contributed by atoms with E-state index >= 15 is 0 Å². The first-order valence-corrected chi connectivity index (χ1v) is 12.2. The van der Waals surface area contributed by atoms with Gasteiger partial charge in [-0.25, -0.2) is 4.79 Å². The molecule has 4 aromatic rings. The molecule has 0 spiro atoms. The van der Waals surface area contributed by atoms with Gasteiger partial charge >= 0.3 is 6.03 Å². The summed E-state index contributed by atoms with van der Waals surface area (Å²) in [4.78, 5) is 24.8. The summed E-state index contributed by atoms with van der Waals surface area (Å²) < 4.78 is 0. The number of pyridine rings is 1. The molecule has 2 aliphatic rings. The van der Waals surface area contributed by atoms with Gasteiger partial charge in [-0.05, 0) is 53.4 Å². The average Bonchev–Trinajstić information content (AvgIpc) is 3.29. The molecule has 35 heavy (non-hydrogen) atoms. The molecule has 176 valence electrons. The molecule has 0 radical (unpaired) electrons. The minimum atomic E-state index is -0.0827. The highest BCUT2D eigenvalue weighted by Gasteiger charge is 2.38. The third kappa shape index (κ3) is 4.05. The Morgan fingerprint density at radius 1 is 0.857 bits per heavy atom. The van der Waals surface area contributed by atoms with Crippen LogP contribution in [0.25, 0.3) is 21.9 Å². The summed E-state index contributed by atoms with van der Waals surface area (Å²) in [6.45, 7) is 3.96. The van der Waals surface area contributed by atoms with Gasteiger partial charge in [-0.2, -0.15) is 0 Å². The van der Waals surface area contributed by atoms with E-state index in [9.17, 15) is 4.79 Å². The number of hydrogen-bond donors (Lipinski definition) is 1. The number of para-hydroxylation sites is 1. The Balaban J connectivity index is 1.34. The van der Waals surface area contributed by atoms with E-state index in [1.165, 1.54) is 5.56 Å². The molecule has 1 fully saturated rings. The number of piperazine rings is 1. The Labute approximate surface area is 205 Å². The molecule has 6 heteroatoms. The number of urea groups is 1. The summed E-state index contributed by atoms with van der Waals surface area (Å²) >= 11 is 0. The number of rotatable bonds is 3. The van der Waals surface area contributed by atoms with Crippen molar-refractivity contribution in [3.05, 3.63) is 90.8 Å². The van der Waals surface area contributed by atoms with E-state index in [4.69, 9.17) is 0 Å². The molecule has 1 atom stereocenters. The maximum atomic E-state index is 13.9. The third-order valence-corrected chi connectivity index (χ3v) is 7.29. The first-order chi connectivity index (χ1) is 17.2. The van der Waals surface area contributed by atoms with Crippen molar-refractivity contribution in [2.24, 2.45) is 0 Å². The summed E-state index contributed by atoms with van der Waals surface area (Å²) in [5.74, 6) is 0. The van der Waals surface area contributed by atoms with Crippen LogP contribution >= 0.6 is 0 Å². The second-order valence-electron chi connectivity index (χ2n) is 9.40. The molecule has 1 N–H and O–H groups in total. The van der Waals surface area contributed by atoms with Gasteiger partial charge in [0, 0.05) is 50.4 Å². The normalized spacial score (nSPS) is 18.5.